The lowest BCUT2D eigenvalue weighted by Crippen LogP contribution is -2.44. The first-order valence-electron chi connectivity index (χ1n) is 8.36. The van der Waals surface area contributed by atoms with Crippen LogP contribution in [0.15, 0.2) is 12.1 Å². The molecule has 1 fully saturated rings. The van der Waals surface area contributed by atoms with Crippen molar-refractivity contribution in [1.29, 1.82) is 0 Å². The summed E-state index contributed by atoms with van der Waals surface area (Å²) in [7, 11) is 6.68. The summed E-state index contributed by atoms with van der Waals surface area (Å²) < 4.78 is 16.0. The lowest BCUT2D eigenvalue weighted by atomic mass is 10.0. The number of ether oxygens (including phenoxy) is 3. The lowest BCUT2D eigenvalue weighted by Gasteiger charge is -2.31. The molecule has 1 amide bonds. The summed E-state index contributed by atoms with van der Waals surface area (Å²) in [5, 5.41) is 3.32. The van der Waals surface area contributed by atoms with Crippen LogP contribution in [0.4, 0.5) is 0 Å². The van der Waals surface area contributed by atoms with E-state index < -0.39 is 0 Å². The molecule has 0 radical (unpaired) electrons. The number of benzene rings is 1. The van der Waals surface area contributed by atoms with E-state index in [-0.39, 0.29) is 18.3 Å². The average Bonchev–Trinajstić information content (AvgIpc) is 2.65. The van der Waals surface area contributed by atoms with E-state index in [4.69, 9.17) is 14.2 Å². The summed E-state index contributed by atoms with van der Waals surface area (Å²) in [6, 6.07) is 4.15. The third kappa shape index (κ3) is 5.41. The first kappa shape index (κ1) is 21.4. The number of carbonyl (C=O) groups excluding carboxylic acids is 1. The Bertz CT molecular complexity index is 537. The van der Waals surface area contributed by atoms with Crippen LogP contribution >= 0.6 is 12.4 Å². The molecule has 1 saturated heterocycles. The molecule has 142 valence electrons. The minimum absolute atomic E-state index is 0. The highest BCUT2D eigenvalue weighted by atomic mass is 35.5. The number of hydrogen-bond acceptors (Lipinski definition) is 5. The Labute approximate surface area is 156 Å². The van der Waals surface area contributed by atoms with Gasteiger partial charge >= 0.3 is 0 Å². The number of amides is 1. The molecule has 0 aliphatic carbocycles. The molecular formula is C18H29ClN2O4. The molecule has 6 nitrogen and oxygen atoms in total. The van der Waals surface area contributed by atoms with Gasteiger partial charge in [0.2, 0.25) is 11.7 Å². The van der Waals surface area contributed by atoms with Crippen molar-refractivity contribution in [3.63, 3.8) is 0 Å². The topological polar surface area (TPSA) is 60.0 Å². The van der Waals surface area contributed by atoms with Crippen molar-refractivity contribution < 1.29 is 19.0 Å². The van der Waals surface area contributed by atoms with Crippen molar-refractivity contribution in [3.05, 3.63) is 17.7 Å². The van der Waals surface area contributed by atoms with Gasteiger partial charge in [-0.3, -0.25) is 4.79 Å². The number of aryl methyl sites for hydroxylation is 1. The van der Waals surface area contributed by atoms with Gasteiger partial charge in [0.05, 0.1) is 21.3 Å². The van der Waals surface area contributed by atoms with E-state index in [1.165, 1.54) is 0 Å². The molecule has 0 saturated carbocycles. The van der Waals surface area contributed by atoms with E-state index in [9.17, 15) is 4.79 Å². The second-order valence-electron chi connectivity index (χ2n) is 6.02. The van der Waals surface area contributed by atoms with Crippen LogP contribution in [0.3, 0.4) is 0 Å². The summed E-state index contributed by atoms with van der Waals surface area (Å²) in [6.07, 6.45) is 3.16. The van der Waals surface area contributed by atoms with Gasteiger partial charge in [0.1, 0.15) is 0 Å². The van der Waals surface area contributed by atoms with Crippen molar-refractivity contribution >= 4 is 18.3 Å². The molecule has 1 aromatic carbocycles. The number of methoxy groups -OCH3 is 3. The van der Waals surface area contributed by atoms with Crippen molar-refractivity contribution in [3.8, 4) is 17.2 Å². The summed E-state index contributed by atoms with van der Waals surface area (Å²) in [4.78, 5) is 14.4. The molecule has 1 aliphatic heterocycles. The van der Waals surface area contributed by atoms with Crippen LogP contribution in [-0.2, 0) is 11.2 Å². The van der Waals surface area contributed by atoms with Gasteiger partial charge in [0.25, 0.3) is 0 Å². The third-order valence-electron chi connectivity index (χ3n) is 4.60. The van der Waals surface area contributed by atoms with E-state index in [1.807, 2.05) is 24.1 Å². The van der Waals surface area contributed by atoms with Crippen LogP contribution in [0.5, 0.6) is 17.2 Å². The second-order valence-corrected chi connectivity index (χ2v) is 6.02. The lowest BCUT2D eigenvalue weighted by molar-refractivity contribution is -0.132. The zero-order chi connectivity index (χ0) is 17.5. The maximum absolute atomic E-state index is 12.5. The van der Waals surface area contributed by atoms with Gasteiger partial charge in [0, 0.05) is 19.5 Å². The quantitative estimate of drug-likeness (QED) is 0.795. The molecule has 2 rings (SSSR count). The smallest absolute Gasteiger partial charge is 0.222 e. The molecule has 7 heteroatoms. The standard InChI is InChI=1S/C18H28N2O4.ClH/c1-20(14-7-9-19-10-8-14)17(21)6-5-13-11-15(22-2)18(24-4)16(12-13)23-3;/h11-12,14,19H,5-10H2,1-4H3;1H. The van der Waals surface area contributed by atoms with Crippen molar-refractivity contribution in [2.24, 2.45) is 0 Å². The highest BCUT2D eigenvalue weighted by Gasteiger charge is 2.22. The summed E-state index contributed by atoms with van der Waals surface area (Å²) in [5.74, 6) is 1.98. The van der Waals surface area contributed by atoms with E-state index in [1.54, 1.807) is 21.3 Å². The fraction of sp³-hybridized carbons (Fsp3) is 0.611. The minimum Gasteiger partial charge on any atom is -0.493 e. The van der Waals surface area contributed by atoms with Crippen LogP contribution in [0.2, 0.25) is 0 Å². The van der Waals surface area contributed by atoms with Crippen molar-refractivity contribution in [2.45, 2.75) is 31.7 Å². The van der Waals surface area contributed by atoms with Crippen molar-refractivity contribution in [2.75, 3.05) is 41.5 Å². The third-order valence-corrected chi connectivity index (χ3v) is 4.60. The molecule has 0 spiro atoms. The largest absolute Gasteiger partial charge is 0.493 e. The Kier molecular flexibility index (Phi) is 8.86. The first-order valence-corrected chi connectivity index (χ1v) is 8.36. The molecule has 0 atom stereocenters. The molecule has 1 N–H and O–H groups in total. The molecule has 25 heavy (non-hydrogen) atoms. The van der Waals surface area contributed by atoms with E-state index >= 15 is 0 Å². The van der Waals surface area contributed by atoms with Gasteiger partial charge in [-0.2, -0.15) is 0 Å². The number of nitrogens with one attached hydrogen (secondary N) is 1. The van der Waals surface area contributed by atoms with Gasteiger partial charge < -0.3 is 24.4 Å². The van der Waals surface area contributed by atoms with Gasteiger partial charge in [-0.1, -0.05) is 0 Å². The van der Waals surface area contributed by atoms with Crippen LogP contribution in [-0.4, -0.2) is 58.3 Å². The number of halogens is 1. The highest BCUT2D eigenvalue weighted by molar-refractivity contribution is 5.85. The van der Waals surface area contributed by atoms with E-state index in [0.717, 1.165) is 31.5 Å². The molecule has 0 aromatic heterocycles. The van der Waals surface area contributed by atoms with E-state index in [2.05, 4.69) is 5.32 Å². The van der Waals surface area contributed by atoms with Crippen LogP contribution in [0.25, 0.3) is 0 Å². The Morgan fingerprint density at radius 1 is 1.12 bits per heavy atom. The van der Waals surface area contributed by atoms with Crippen LogP contribution in [0.1, 0.15) is 24.8 Å². The van der Waals surface area contributed by atoms with Crippen LogP contribution < -0.4 is 19.5 Å². The Hall–Kier alpha value is -1.66. The Morgan fingerprint density at radius 2 is 1.68 bits per heavy atom. The number of hydrogen-bond donors (Lipinski definition) is 1. The highest BCUT2D eigenvalue weighted by Crippen LogP contribution is 2.38. The number of carbonyl (C=O) groups is 1. The summed E-state index contributed by atoms with van der Waals surface area (Å²) >= 11 is 0. The van der Waals surface area contributed by atoms with E-state index in [0.29, 0.717) is 36.1 Å². The number of nitrogens with zero attached hydrogens (tertiary/aromatic N) is 1. The van der Waals surface area contributed by atoms with Gasteiger partial charge in [0.15, 0.2) is 11.5 Å². The van der Waals surface area contributed by atoms with Gasteiger partial charge in [-0.05, 0) is 50.0 Å². The maximum Gasteiger partial charge on any atom is 0.222 e. The molecule has 1 aliphatic rings. The van der Waals surface area contributed by atoms with Crippen molar-refractivity contribution in [1.82, 2.24) is 10.2 Å². The predicted molar refractivity (Wildman–Crippen MR) is 100 cm³/mol. The average molecular weight is 373 g/mol. The molecule has 1 aromatic rings. The Balaban J connectivity index is 0.00000312. The predicted octanol–water partition coefficient (Wildman–Crippen LogP) is 2.28. The number of rotatable bonds is 7. The normalized spacial score (nSPS) is 14.4. The SMILES string of the molecule is COc1cc(CCC(=O)N(C)C2CCNCC2)cc(OC)c1OC.Cl. The fourth-order valence-corrected chi connectivity index (χ4v) is 3.10. The monoisotopic (exact) mass is 372 g/mol. The maximum atomic E-state index is 12.5. The Morgan fingerprint density at radius 3 is 2.16 bits per heavy atom. The second kappa shape index (κ2) is 10.4. The molecule has 0 bridgehead atoms. The first-order chi connectivity index (χ1) is 11.6. The van der Waals surface area contributed by atoms with Crippen LogP contribution in [0, 0.1) is 0 Å². The summed E-state index contributed by atoms with van der Waals surface area (Å²) in [5.41, 5.74) is 0.997. The number of piperidine rings is 1. The fourth-order valence-electron chi connectivity index (χ4n) is 3.10. The van der Waals surface area contributed by atoms with Gasteiger partial charge in [-0.25, -0.2) is 0 Å². The molecular weight excluding hydrogens is 344 g/mol. The summed E-state index contributed by atoms with van der Waals surface area (Å²) in [6.45, 7) is 1.96. The molecule has 1 heterocycles. The molecule has 0 unspecified atom stereocenters. The zero-order valence-corrected chi connectivity index (χ0v) is 16.3. The zero-order valence-electron chi connectivity index (χ0n) is 15.5. The minimum atomic E-state index is 0. The van der Waals surface area contributed by atoms with Gasteiger partial charge in [-0.15, -0.1) is 12.4 Å².